The fraction of sp³-hybridized carbons (Fsp3) is 0.778. The van der Waals surface area contributed by atoms with E-state index in [2.05, 4.69) is 23.8 Å². The molecular formula is C9H14N2O. The van der Waals surface area contributed by atoms with Crippen LogP contribution < -0.4 is 0 Å². The third kappa shape index (κ3) is 1.41. The number of hydrogen-bond donors (Lipinski definition) is 0. The Balaban J connectivity index is 2.24. The molecule has 0 aliphatic carbocycles. The van der Waals surface area contributed by atoms with Crippen LogP contribution in [0, 0.1) is 0 Å². The molecule has 0 radical (unpaired) electrons. The summed E-state index contributed by atoms with van der Waals surface area (Å²) >= 11 is 0. The number of fused-ring (bicyclic) bond motifs is 1. The molecule has 0 amide bonds. The maximum absolute atomic E-state index is 5.65. The molecule has 1 unspecified atom stereocenters. The molecule has 0 saturated heterocycles. The molecule has 0 N–H and O–H groups in total. The summed E-state index contributed by atoms with van der Waals surface area (Å²) in [4.78, 5) is 8.81. The van der Waals surface area contributed by atoms with Crippen LogP contribution in [0.2, 0.25) is 0 Å². The average Bonchev–Trinajstić information content (AvgIpc) is 2.02. The summed E-state index contributed by atoms with van der Waals surface area (Å²) in [5.41, 5.74) is 1.14. The molecule has 0 aromatic rings. The highest BCUT2D eigenvalue weighted by molar-refractivity contribution is 6.00. The van der Waals surface area contributed by atoms with Gasteiger partial charge >= 0.3 is 0 Å². The number of aliphatic imine (C=N–C) groups is 2. The minimum Gasteiger partial charge on any atom is -0.368 e. The predicted octanol–water partition coefficient (Wildman–Crippen LogP) is 1.08. The van der Waals surface area contributed by atoms with Crippen molar-refractivity contribution < 1.29 is 4.74 Å². The van der Waals surface area contributed by atoms with Gasteiger partial charge in [0.25, 0.3) is 0 Å². The van der Waals surface area contributed by atoms with Gasteiger partial charge < -0.3 is 4.74 Å². The lowest BCUT2D eigenvalue weighted by molar-refractivity contribution is 0.0558. The Hall–Kier alpha value is -0.700. The highest BCUT2D eigenvalue weighted by atomic mass is 16.5. The van der Waals surface area contributed by atoms with Crippen LogP contribution >= 0.6 is 0 Å². The Bertz CT molecular complexity index is 243. The number of rotatable bonds is 0. The van der Waals surface area contributed by atoms with Crippen molar-refractivity contribution >= 4 is 11.9 Å². The van der Waals surface area contributed by atoms with Gasteiger partial charge in [0.05, 0.1) is 18.7 Å². The van der Waals surface area contributed by atoms with Crippen molar-refractivity contribution in [2.45, 2.75) is 31.9 Å². The molecule has 2 heterocycles. The normalized spacial score (nSPS) is 32.5. The fourth-order valence-corrected chi connectivity index (χ4v) is 1.56. The molecule has 3 nitrogen and oxygen atoms in total. The molecule has 0 aromatic heterocycles. The van der Waals surface area contributed by atoms with Gasteiger partial charge in [-0.3, -0.25) is 9.98 Å². The van der Waals surface area contributed by atoms with Crippen LogP contribution in [-0.4, -0.2) is 36.7 Å². The second kappa shape index (κ2) is 2.66. The number of hydrogen-bond acceptors (Lipinski definition) is 3. The predicted molar refractivity (Wildman–Crippen MR) is 49.2 cm³/mol. The summed E-state index contributed by atoms with van der Waals surface area (Å²) in [6.45, 7) is 5.68. The van der Waals surface area contributed by atoms with E-state index in [-0.39, 0.29) is 11.6 Å². The molecule has 0 saturated carbocycles. The van der Waals surface area contributed by atoms with Gasteiger partial charge in [0.1, 0.15) is 6.10 Å². The van der Waals surface area contributed by atoms with Crippen LogP contribution in [0.4, 0.5) is 0 Å². The lowest BCUT2D eigenvalue weighted by Crippen LogP contribution is -2.42. The molecule has 12 heavy (non-hydrogen) atoms. The lowest BCUT2D eigenvalue weighted by atomic mass is 10.0. The van der Waals surface area contributed by atoms with Crippen LogP contribution in [0.15, 0.2) is 9.98 Å². The van der Waals surface area contributed by atoms with Crippen LogP contribution in [0.5, 0.6) is 0 Å². The van der Waals surface area contributed by atoms with E-state index in [9.17, 15) is 0 Å². The summed E-state index contributed by atoms with van der Waals surface area (Å²) in [6.07, 6.45) is 2.97. The third-order valence-electron chi connectivity index (χ3n) is 2.16. The number of nitrogens with zero attached hydrogens (tertiary/aromatic N) is 2. The van der Waals surface area contributed by atoms with E-state index in [4.69, 9.17) is 4.74 Å². The van der Waals surface area contributed by atoms with Crippen molar-refractivity contribution in [2.75, 3.05) is 13.2 Å². The zero-order valence-electron chi connectivity index (χ0n) is 7.58. The van der Waals surface area contributed by atoms with Gasteiger partial charge in [-0.25, -0.2) is 0 Å². The molecule has 2 aliphatic heterocycles. The minimum absolute atomic E-state index is 0.0307. The second-order valence-corrected chi connectivity index (χ2v) is 3.97. The molecule has 0 fully saturated rings. The molecule has 2 rings (SSSR count). The molecule has 0 aromatic carbocycles. The van der Waals surface area contributed by atoms with Gasteiger partial charge in [0.2, 0.25) is 0 Å². The van der Waals surface area contributed by atoms with Gasteiger partial charge in [0, 0.05) is 18.3 Å². The van der Waals surface area contributed by atoms with Gasteiger partial charge in [0.15, 0.2) is 0 Å². The Labute approximate surface area is 72.6 Å². The smallest absolute Gasteiger partial charge is 0.115 e. The molecule has 1 atom stereocenters. The molecule has 0 spiro atoms. The quantitative estimate of drug-likeness (QED) is 0.530. The van der Waals surface area contributed by atoms with Crippen molar-refractivity contribution in [1.82, 2.24) is 0 Å². The Kier molecular flexibility index (Phi) is 1.76. The second-order valence-electron chi connectivity index (χ2n) is 3.97. The Morgan fingerprint density at radius 3 is 3.25 bits per heavy atom. The summed E-state index contributed by atoms with van der Waals surface area (Å²) in [5.74, 6) is 0. The van der Waals surface area contributed by atoms with E-state index < -0.39 is 0 Å². The van der Waals surface area contributed by atoms with Gasteiger partial charge in [-0.05, 0) is 13.8 Å². The van der Waals surface area contributed by atoms with Crippen molar-refractivity contribution in [3.63, 3.8) is 0 Å². The van der Waals surface area contributed by atoms with E-state index in [0.29, 0.717) is 0 Å². The minimum atomic E-state index is -0.0307. The maximum atomic E-state index is 5.65. The topological polar surface area (TPSA) is 34.0 Å². The maximum Gasteiger partial charge on any atom is 0.115 e. The van der Waals surface area contributed by atoms with Crippen molar-refractivity contribution in [3.8, 4) is 0 Å². The summed E-state index contributed by atoms with van der Waals surface area (Å²) in [6, 6.07) is 0. The Morgan fingerprint density at radius 1 is 1.58 bits per heavy atom. The zero-order valence-corrected chi connectivity index (χ0v) is 7.58. The average molecular weight is 166 g/mol. The Morgan fingerprint density at radius 2 is 2.42 bits per heavy atom. The van der Waals surface area contributed by atoms with E-state index in [1.807, 2.05) is 6.21 Å². The first kappa shape index (κ1) is 7.92. The van der Waals surface area contributed by atoms with E-state index in [0.717, 1.165) is 19.6 Å². The van der Waals surface area contributed by atoms with E-state index in [1.165, 1.54) is 5.71 Å². The third-order valence-corrected chi connectivity index (χ3v) is 2.16. The van der Waals surface area contributed by atoms with Crippen molar-refractivity contribution in [3.05, 3.63) is 0 Å². The van der Waals surface area contributed by atoms with E-state index in [1.54, 1.807) is 0 Å². The SMILES string of the molecule is CC1(C)COC2CN=CCC2=N1. The van der Waals surface area contributed by atoms with Crippen molar-refractivity contribution in [2.24, 2.45) is 9.98 Å². The molecular weight excluding hydrogens is 152 g/mol. The van der Waals surface area contributed by atoms with Gasteiger partial charge in [-0.2, -0.15) is 0 Å². The van der Waals surface area contributed by atoms with Gasteiger partial charge in [-0.1, -0.05) is 0 Å². The van der Waals surface area contributed by atoms with Crippen LogP contribution in [0.3, 0.4) is 0 Å². The fourth-order valence-electron chi connectivity index (χ4n) is 1.56. The first-order valence-corrected chi connectivity index (χ1v) is 4.36. The molecule has 66 valence electrons. The van der Waals surface area contributed by atoms with E-state index >= 15 is 0 Å². The first-order chi connectivity index (χ1) is 5.67. The zero-order chi connectivity index (χ0) is 8.60. The monoisotopic (exact) mass is 166 g/mol. The molecule has 0 bridgehead atoms. The molecule has 2 aliphatic rings. The highest BCUT2D eigenvalue weighted by Crippen LogP contribution is 2.20. The largest absolute Gasteiger partial charge is 0.368 e. The number of ether oxygens (including phenoxy) is 1. The van der Waals surface area contributed by atoms with Crippen molar-refractivity contribution in [1.29, 1.82) is 0 Å². The van der Waals surface area contributed by atoms with Crippen LogP contribution in [0.1, 0.15) is 20.3 Å². The highest BCUT2D eigenvalue weighted by Gasteiger charge is 2.30. The lowest BCUT2D eigenvalue weighted by Gasteiger charge is -2.33. The first-order valence-electron chi connectivity index (χ1n) is 4.36. The summed E-state index contributed by atoms with van der Waals surface area (Å²) < 4.78 is 5.65. The van der Waals surface area contributed by atoms with Crippen LogP contribution in [-0.2, 0) is 4.74 Å². The standard InChI is InChI=1S/C9H14N2O/c1-9(2)6-12-8-5-10-4-3-7(8)11-9/h4,8H,3,5-6H2,1-2H3. The van der Waals surface area contributed by atoms with Gasteiger partial charge in [-0.15, -0.1) is 0 Å². The summed E-state index contributed by atoms with van der Waals surface area (Å²) in [7, 11) is 0. The molecule has 3 heteroatoms. The van der Waals surface area contributed by atoms with Crippen LogP contribution in [0.25, 0.3) is 0 Å². The summed E-state index contributed by atoms with van der Waals surface area (Å²) in [5, 5.41) is 0.